The van der Waals surface area contributed by atoms with E-state index in [4.69, 9.17) is 14.9 Å². The third kappa shape index (κ3) is 3.72. The van der Waals surface area contributed by atoms with Crippen LogP contribution in [0.15, 0.2) is 15.8 Å². The maximum absolute atomic E-state index is 11.6. The van der Waals surface area contributed by atoms with Crippen LogP contribution in [0.5, 0.6) is 0 Å². The summed E-state index contributed by atoms with van der Waals surface area (Å²) in [7, 11) is 0. The Bertz CT molecular complexity index is 637. The lowest BCUT2D eigenvalue weighted by molar-refractivity contribution is 0.0526. The molecule has 2 N–H and O–H groups in total. The molecule has 0 aliphatic heterocycles. The predicted octanol–water partition coefficient (Wildman–Crippen LogP) is 2.13. The van der Waals surface area contributed by atoms with E-state index in [0.717, 1.165) is 11.5 Å². The Labute approximate surface area is 126 Å². The molecule has 112 valence electrons. The molecule has 8 heteroatoms. The number of nitrogens with two attached hydrogens (primary N) is 1. The van der Waals surface area contributed by atoms with E-state index in [9.17, 15) is 4.79 Å². The lowest BCUT2D eigenvalue weighted by Crippen LogP contribution is -2.10. The number of rotatable bonds is 5. The van der Waals surface area contributed by atoms with Crippen LogP contribution in [-0.4, -0.2) is 27.5 Å². The van der Waals surface area contributed by atoms with Gasteiger partial charge in [0.25, 0.3) is 0 Å². The molecule has 0 amide bonds. The van der Waals surface area contributed by atoms with Crippen LogP contribution in [0, 0.1) is 13.8 Å². The van der Waals surface area contributed by atoms with E-state index in [1.807, 2.05) is 13.8 Å². The Morgan fingerprint density at radius 3 is 2.76 bits per heavy atom. The van der Waals surface area contributed by atoms with Crippen molar-refractivity contribution in [1.82, 2.24) is 15.0 Å². The van der Waals surface area contributed by atoms with Crippen LogP contribution >= 0.6 is 11.8 Å². The van der Waals surface area contributed by atoms with Gasteiger partial charge in [-0.15, -0.1) is 0 Å². The topological polar surface area (TPSA) is 104 Å². The van der Waals surface area contributed by atoms with Crippen molar-refractivity contribution in [3.05, 3.63) is 29.1 Å². The lowest BCUT2D eigenvalue weighted by atomic mass is 10.3. The van der Waals surface area contributed by atoms with Gasteiger partial charge in [0.05, 0.1) is 18.1 Å². The summed E-state index contributed by atoms with van der Waals surface area (Å²) in [5.74, 6) is 1.47. The molecule has 2 rings (SSSR count). The molecule has 7 nitrogen and oxygen atoms in total. The number of aromatic nitrogens is 3. The van der Waals surface area contributed by atoms with Crippen molar-refractivity contribution in [2.24, 2.45) is 0 Å². The first-order valence-electron chi connectivity index (χ1n) is 6.36. The molecule has 0 aliphatic rings. The van der Waals surface area contributed by atoms with Crippen molar-refractivity contribution in [3.63, 3.8) is 0 Å². The molecular weight excluding hydrogens is 292 g/mol. The summed E-state index contributed by atoms with van der Waals surface area (Å²) >= 11 is 1.33. The van der Waals surface area contributed by atoms with E-state index in [-0.39, 0.29) is 18.0 Å². The van der Waals surface area contributed by atoms with E-state index < -0.39 is 5.97 Å². The number of nitrogens with zero attached hydrogens (tertiary/aromatic N) is 3. The maximum atomic E-state index is 11.6. The van der Waals surface area contributed by atoms with Gasteiger partial charge in [0.1, 0.15) is 17.1 Å². The molecule has 0 aromatic carbocycles. The van der Waals surface area contributed by atoms with Crippen LogP contribution in [0.3, 0.4) is 0 Å². The first-order chi connectivity index (χ1) is 10.0. The number of anilines is 1. The van der Waals surface area contributed by atoms with Crippen molar-refractivity contribution >= 4 is 23.5 Å². The third-order valence-corrected chi connectivity index (χ3v) is 3.54. The highest BCUT2D eigenvalue weighted by atomic mass is 32.2. The number of carbonyl (C=O) groups excluding carboxylic acids is 1. The minimum Gasteiger partial charge on any atom is -0.462 e. The molecule has 0 bridgehead atoms. The minimum absolute atomic E-state index is 0.103. The molecule has 0 atom stereocenters. The summed E-state index contributed by atoms with van der Waals surface area (Å²) in [6.07, 6.45) is 1.37. The average molecular weight is 308 g/mol. The van der Waals surface area contributed by atoms with Gasteiger partial charge in [-0.2, -0.15) is 0 Å². The van der Waals surface area contributed by atoms with E-state index in [2.05, 4.69) is 15.0 Å². The molecule has 0 spiro atoms. The first kappa shape index (κ1) is 15.3. The Balaban J connectivity index is 2.04. The number of esters is 1. The zero-order chi connectivity index (χ0) is 15.4. The van der Waals surface area contributed by atoms with Gasteiger partial charge in [-0.25, -0.2) is 19.7 Å². The van der Waals surface area contributed by atoms with Gasteiger partial charge in [0.2, 0.25) is 5.89 Å². The minimum atomic E-state index is -0.523. The van der Waals surface area contributed by atoms with Crippen LogP contribution in [0.25, 0.3) is 0 Å². The molecule has 2 aromatic rings. The van der Waals surface area contributed by atoms with Crippen LogP contribution in [0.4, 0.5) is 5.82 Å². The standard InChI is InChI=1S/C13H16N4O3S/c1-4-19-12(18)9-5-15-13(17-11(9)14)21-6-10-16-7(2)8(3)20-10/h5H,4,6H2,1-3H3,(H2,14,15,17). The van der Waals surface area contributed by atoms with Crippen LogP contribution < -0.4 is 5.73 Å². The van der Waals surface area contributed by atoms with E-state index in [0.29, 0.717) is 16.8 Å². The molecule has 0 fully saturated rings. The van der Waals surface area contributed by atoms with Crippen LogP contribution in [-0.2, 0) is 10.5 Å². The van der Waals surface area contributed by atoms with Gasteiger partial charge in [0.15, 0.2) is 5.16 Å². The molecule has 0 radical (unpaired) electrons. The van der Waals surface area contributed by atoms with Crippen molar-refractivity contribution in [1.29, 1.82) is 0 Å². The van der Waals surface area contributed by atoms with E-state index in [1.54, 1.807) is 6.92 Å². The summed E-state index contributed by atoms with van der Waals surface area (Å²) in [5, 5.41) is 0.453. The average Bonchev–Trinajstić information content (AvgIpc) is 2.76. The largest absolute Gasteiger partial charge is 0.462 e. The second-order valence-electron chi connectivity index (χ2n) is 4.21. The smallest absolute Gasteiger partial charge is 0.343 e. The summed E-state index contributed by atoms with van der Waals surface area (Å²) < 4.78 is 10.3. The highest BCUT2D eigenvalue weighted by Gasteiger charge is 2.14. The highest BCUT2D eigenvalue weighted by molar-refractivity contribution is 7.98. The number of thioether (sulfide) groups is 1. The molecule has 0 unspecified atom stereocenters. The fraction of sp³-hybridized carbons (Fsp3) is 0.385. The van der Waals surface area contributed by atoms with Crippen LogP contribution in [0.1, 0.15) is 34.6 Å². The van der Waals surface area contributed by atoms with Gasteiger partial charge < -0.3 is 14.9 Å². The van der Waals surface area contributed by atoms with E-state index in [1.165, 1.54) is 18.0 Å². The monoisotopic (exact) mass is 308 g/mol. The quantitative estimate of drug-likeness (QED) is 0.509. The summed E-state index contributed by atoms with van der Waals surface area (Å²) in [6.45, 7) is 5.74. The van der Waals surface area contributed by atoms with Crippen LogP contribution in [0.2, 0.25) is 0 Å². The molecule has 2 aromatic heterocycles. The second-order valence-corrected chi connectivity index (χ2v) is 5.15. The van der Waals surface area contributed by atoms with Gasteiger partial charge in [-0.1, -0.05) is 11.8 Å². The summed E-state index contributed by atoms with van der Waals surface area (Å²) in [5.41, 5.74) is 6.78. The Kier molecular flexibility index (Phi) is 4.79. The highest BCUT2D eigenvalue weighted by Crippen LogP contribution is 2.22. The number of oxazole rings is 1. The zero-order valence-electron chi connectivity index (χ0n) is 12.0. The van der Waals surface area contributed by atoms with E-state index >= 15 is 0 Å². The Hall–Kier alpha value is -2.09. The zero-order valence-corrected chi connectivity index (χ0v) is 12.9. The number of ether oxygens (including phenoxy) is 1. The molecule has 21 heavy (non-hydrogen) atoms. The SMILES string of the molecule is CCOC(=O)c1cnc(SCc2nc(C)c(C)o2)nc1N. The van der Waals surface area contributed by atoms with Crippen molar-refractivity contribution < 1.29 is 13.9 Å². The number of hydrogen-bond acceptors (Lipinski definition) is 8. The lowest BCUT2D eigenvalue weighted by Gasteiger charge is -2.05. The normalized spacial score (nSPS) is 10.6. The first-order valence-corrected chi connectivity index (χ1v) is 7.35. The van der Waals surface area contributed by atoms with Gasteiger partial charge in [-0.05, 0) is 20.8 Å². The van der Waals surface area contributed by atoms with Crippen molar-refractivity contribution in [2.45, 2.75) is 31.7 Å². The Morgan fingerprint density at radius 1 is 1.43 bits per heavy atom. The fourth-order valence-electron chi connectivity index (χ4n) is 1.54. The van der Waals surface area contributed by atoms with Crippen molar-refractivity contribution in [2.75, 3.05) is 12.3 Å². The molecular formula is C13H16N4O3S. The molecule has 0 aliphatic carbocycles. The number of carbonyl (C=O) groups is 1. The maximum Gasteiger partial charge on any atom is 0.343 e. The molecule has 2 heterocycles. The summed E-state index contributed by atoms with van der Waals surface area (Å²) in [6, 6.07) is 0. The van der Waals surface area contributed by atoms with Gasteiger partial charge >= 0.3 is 5.97 Å². The molecule has 0 saturated carbocycles. The number of aryl methyl sites for hydroxylation is 2. The second kappa shape index (κ2) is 6.57. The fourth-order valence-corrected chi connectivity index (χ4v) is 2.21. The van der Waals surface area contributed by atoms with Gasteiger partial charge in [0, 0.05) is 6.20 Å². The third-order valence-electron chi connectivity index (χ3n) is 2.69. The summed E-state index contributed by atoms with van der Waals surface area (Å²) in [4.78, 5) is 24.0. The number of nitrogen functional groups attached to an aromatic ring is 1. The predicted molar refractivity (Wildman–Crippen MR) is 77.9 cm³/mol. The van der Waals surface area contributed by atoms with Gasteiger partial charge in [-0.3, -0.25) is 0 Å². The molecule has 0 saturated heterocycles. The van der Waals surface area contributed by atoms with Crippen molar-refractivity contribution in [3.8, 4) is 0 Å². The Morgan fingerprint density at radius 2 is 2.19 bits per heavy atom. The number of hydrogen-bond donors (Lipinski definition) is 1.